The van der Waals surface area contributed by atoms with E-state index in [1.807, 2.05) is 12.1 Å². The summed E-state index contributed by atoms with van der Waals surface area (Å²) >= 11 is 0. The first-order valence-corrected chi connectivity index (χ1v) is 6.84. The van der Waals surface area contributed by atoms with Crippen LogP contribution < -0.4 is 15.9 Å². The Hall–Kier alpha value is -2.27. The van der Waals surface area contributed by atoms with E-state index >= 15 is 0 Å². The van der Waals surface area contributed by atoms with Gasteiger partial charge in [0.05, 0.1) is 24.5 Å². The Labute approximate surface area is 128 Å². The van der Waals surface area contributed by atoms with Crippen LogP contribution in [0, 0.1) is 11.3 Å². The highest BCUT2D eigenvalue weighted by atomic mass is 16.5. The number of nitriles is 1. The molecule has 6 nitrogen and oxygen atoms in total. The number of rotatable bonds is 4. The summed E-state index contributed by atoms with van der Waals surface area (Å²) in [4.78, 5) is 0. The molecule has 0 spiro atoms. The smallest absolute Gasteiger partial charge is 0.490 e. The highest BCUT2D eigenvalue weighted by molar-refractivity contribution is 6.63. The fourth-order valence-corrected chi connectivity index (χ4v) is 2.36. The Bertz CT molecular complexity index is 722. The molecule has 0 bridgehead atoms. The highest BCUT2D eigenvalue weighted by Gasteiger charge is 2.34. The average Bonchev–Trinajstić information content (AvgIpc) is 3.15. The van der Waals surface area contributed by atoms with Crippen LogP contribution in [-0.2, 0) is 11.3 Å². The van der Waals surface area contributed by atoms with Gasteiger partial charge >= 0.3 is 7.12 Å². The lowest BCUT2D eigenvalue weighted by Crippen LogP contribution is -2.41. The number of hydrogen-bond donors (Lipinski definition) is 2. The molecule has 1 atom stereocenters. The quantitative estimate of drug-likeness (QED) is 0.809. The summed E-state index contributed by atoms with van der Waals surface area (Å²) in [5.41, 5.74) is 6.82. The van der Waals surface area contributed by atoms with Crippen molar-refractivity contribution in [3.05, 3.63) is 36.1 Å². The monoisotopic (exact) mass is 298 g/mol. The largest absolute Gasteiger partial charge is 0.492 e. The fourth-order valence-electron chi connectivity index (χ4n) is 2.36. The minimum atomic E-state index is -1.10. The lowest BCUT2D eigenvalue weighted by atomic mass is 9.75. The zero-order valence-electron chi connectivity index (χ0n) is 12.1. The Morgan fingerprint density at radius 2 is 2.32 bits per heavy atom. The Kier molecular flexibility index (Phi) is 3.67. The van der Waals surface area contributed by atoms with E-state index in [9.17, 15) is 5.02 Å². The number of furan rings is 1. The van der Waals surface area contributed by atoms with E-state index < -0.39 is 12.7 Å². The maximum atomic E-state index is 10.1. The highest BCUT2D eigenvalue weighted by Crippen LogP contribution is 2.32. The van der Waals surface area contributed by atoms with Crippen LogP contribution in [0.5, 0.6) is 5.75 Å². The molecule has 0 radical (unpaired) electrons. The fraction of sp³-hybridized carbons (Fsp3) is 0.267. The number of nitrogens with zero attached hydrogens (tertiary/aromatic N) is 1. The molecule has 0 saturated heterocycles. The third-order valence-corrected chi connectivity index (χ3v) is 3.49. The molecule has 2 aromatic rings. The molecule has 1 aromatic carbocycles. The summed E-state index contributed by atoms with van der Waals surface area (Å²) in [6.45, 7) is 1.94. The van der Waals surface area contributed by atoms with E-state index in [0.29, 0.717) is 29.1 Å². The Morgan fingerprint density at radius 3 is 3.00 bits per heavy atom. The first kappa shape index (κ1) is 14.7. The molecule has 0 fully saturated rings. The summed E-state index contributed by atoms with van der Waals surface area (Å²) in [6, 6.07) is 9.11. The average molecular weight is 298 g/mol. The van der Waals surface area contributed by atoms with Gasteiger partial charge in [0.15, 0.2) is 0 Å². The standard InChI is InChI=1S/C15H15BN2O4/c1-15(18,8-17)9-21-12-5-4-10-7-22-16(19)14(10)13(12)11-3-2-6-20-11/h2-6,19H,7,9,18H2,1H3. The molecule has 1 aromatic heterocycles. The lowest BCUT2D eigenvalue weighted by molar-refractivity contribution is 0.265. The van der Waals surface area contributed by atoms with E-state index in [2.05, 4.69) is 0 Å². The van der Waals surface area contributed by atoms with Crippen LogP contribution >= 0.6 is 0 Å². The molecule has 0 saturated carbocycles. The number of benzene rings is 1. The normalized spacial score (nSPS) is 16.0. The second-order valence-electron chi connectivity index (χ2n) is 5.47. The van der Waals surface area contributed by atoms with E-state index in [0.717, 1.165) is 5.56 Å². The van der Waals surface area contributed by atoms with Gasteiger partial charge in [-0.25, -0.2) is 0 Å². The minimum absolute atomic E-state index is 0.0208. The van der Waals surface area contributed by atoms with Gasteiger partial charge in [-0.1, -0.05) is 6.07 Å². The zero-order valence-corrected chi connectivity index (χ0v) is 12.1. The van der Waals surface area contributed by atoms with E-state index in [1.165, 1.54) is 0 Å². The first-order chi connectivity index (χ1) is 10.5. The molecule has 7 heteroatoms. The van der Waals surface area contributed by atoms with Gasteiger partial charge in [0.2, 0.25) is 0 Å². The molecular formula is C15H15BN2O4. The van der Waals surface area contributed by atoms with Crippen LogP contribution in [0.3, 0.4) is 0 Å². The predicted molar refractivity (Wildman–Crippen MR) is 80.2 cm³/mol. The predicted octanol–water partition coefficient (Wildman–Crippen LogP) is 0.784. The Balaban J connectivity index is 2.04. The van der Waals surface area contributed by atoms with Gasteiger partial charge in [0.1, 0.15) is 23.7 Å². The second kappa shape index (κ2) is 5.50. The van der Waals surface area contributed by atoms with Gasteiger partial charge in [-0.2, -0.15) is 5.26 Å². The first-order valence-electron chi connectivity index (χ1n) is 6.84. The molecule has 112 valence electrons. The molecule has 1 aliphatic heterocycles. The number of fused-ring (bicyclic) bond motifs is 1. The van der Waals surface area contributed by atoms with Gasteiger partial charge in [0.25, 0.3) is 0 Å². The molecule has 3 N–H and O–H groups in total. The van der Waals surface area contributed by atoms with Crippen molar-refractivity contribution in [3.63, 3.8) is 0 Å². The van der Waals surface area contributed by atoms with Crippen molar-refractivity contribution in [2.24, 2.45) is 5.73 Å². The van der Waals surface area contributed by atoms with E-state index in [-0.39, 0.29) is 6.61 Å². The number of hydrogen-bond acceptors (Lipinski definition) is 6. The van der Waals surface area contributed by atoms with Gasteiger partial charge in [-0.15, -0.1) is 0 Å². The maximum Gasteiger partial charge on any atom is 0.492 e. The molecule has 1 unspecified atom stereocenters. The second-order valence-corrected chi connectivity index (χ2v) is 5.47. The van der Waals surface area contributed by atoms with Crippen molar-refractivity contribution in [1.29, 1.82) is 5.26 Å². The van der Waals surface area contributed by atoms with Crippen molar-refractivity contribution in [2.75, 3.05) is 6.61 Å². The van der Waals surface area contributed by atoms with Crippen molar-refractivity contribution in [2.45, 2.75) is 19.1 Å². The van der Waals surface area contributed by atoms with E-state index in [1.54, 1.807) is 31.4 Å². The molecular weight excluding hydrogens is 283 g/mol. The van der Waals surface area contributed by atoms with Crippen molar-refractivity contribution in [1.82, 2.24) is 0 Å². The van der Waals surface area contributed by atoms with Crippen LogP contribution in [0.1, 0.15) is 12.5 Å². The molecule has 3 rings (SSSR count). The summed E-state index contributed by atoms with van der Waals surface area (Å²) < 4.78 is 16.4. The Morgan fingerprint density at radius 1 is 1.50 bits per heavy atom. The molecule has 0 aliphatic carbocycles. The third-order valence-electron chi connectivity index (χ3n) is 3.49. The maximum absolute atomic E-state index is 10.1. The lowest BCUT2D eigenvalue weighted by Gasteiger charge is -2.19. The molecule has 22 heavy (non-hydrogen) atoms. The SMILES string of the molecule is CC(N)(C#N)COc1ccc2c(c1-c1ccco1)B(O)OC2. The van der Waals surface area contributed by atoms with Gasteiger partial charge in [-0.3, -0.25) is 0 Å². The summed E-state index contributed by atoms with van der Waals surface area (Å²) in [7, 11) is -1.03. The van der Waals surface area contributed by atoms with Gasteiger partial charge < -0.3 is 24.6 Å². The third kappa shape index (κ3) is 2.60. The van der Waals surface area contributed by atoms with Gasteiger partial charge in [-0.05, 0) is 30.7 Å². The summed E-state index contributed by atoms with van der Waals surface area (Å²) in [5.74, 6) is 1.05. The van der Waals surface area contributed by atoms with Crippen LogP contribution in [0.2, 0.25) is 0 Å². The number of ether oxygens (including phenoxy) is 1. The van der Waals surface area contributed by atoms with Crippen molar-refractivity contribution >= 4 is 12.6 Å². The van der Waals surface area contributed by atoms with Crippen LogP contribution in [0.25, 0.3) is 11.3 Å². The van der Waals surface area contributed by atoms with Crippen molar-refractivity contribution in [3.8, 4) is 23.1 Å². The van der Waals surface area contributed by atoms with Gasteiger partial charge in [0, 0.05) is 5.46 Å². The topological polar surface area (TPSA) is 102 Å². The summed E-state index contributed by atoms with van der Waals surface area (Å²) in [5, 5.41) is 19.1. The van der Waals surface area contributed by atoms with E-state index in [4.69, 9.17) is 24.8 Å². The molecule has 0 amide bonds. The van der Waals surface area contributed by atoms with Crippen LogP contribution in [0.4, 0.5) is 0 Å². The number of nitrogens with two attached hydrogens (primary N) is 1. The zero-order chi connectivity index (χ0) is 15.7. The van der Waals surface area contributed by atoms with Crippen LogP contribution in [0.15, 0.2) is 34.9 Å². The van der Waals surface area contributed by atoms with Crippen molar-refractivity contribution < 1.29 is 18.8 Å². The minimum Gasteiger partial charge on any atom is -0.490 e. The summed E-state index contributed by atoms with van der Waals surface area (Å²) in [6.07, 6.45) is 1.54. The molecule has 2 heterocycles. The molecule has 1 aliphatic rings. The van der Waals surface area contributed by atoms with Crippen LogP contribution in [-0.4, -0.2) is 24.3 Å².